The van der Waals surface area contributed by atoms with E-state index in [-0.39, 0.29) is 0 Å². The first-order valence-electron chi connectivity index (χ1n) is 7.35. The van der Waals surface area contributed by atoms with E-state index in [1.165, 1.54) is 41.3 Å². The first kappa shape index (κ1) is 13.1. The molecular weight excluding hydrogens is 250 g/mol. The number of rotatable bonds is 4. The van der Waals surface area contributed by atoms with E-state index in [2.05, 4.69) is 48.9 Å². The van der Waals surface area contributed by atoms with Crippen molar-refractivity contribution in [1.29, 1.82) is 0 Å². The molecule has 3 rings (SSSR count). The molecule has 1 nitrogen and oxygen atoms in total. The van der Waals surface area contributed by atoms with Gasteiger partial charge in [-0.15, -0.1) is 11.3 Å². The summed E-state index contributed by atoms with van der Waals surface area (Å²) in [5.41, 5.74) is 2.01. The monoisotopic (exact) mass is 273 g/mol. The molecule has 1 N–H and O–H groups in total. The van der Waals surface area contributed by atoms with Crippen molar-refractivity contribution in [3.8, 4) is 0 Å². The van der Waals surface area contributed by atoms with Crippen molar-refractivity contribution in [2.24, 2.45) is 5.41 Å². The first-order chi connectivity index (χ1) is 9.23. The number of benzene rings is 1. The number of fused-ring (bicyclic) bond motifs is 1. The van der Waals surface area contributed by atoms with E-state index in [0.29, 0.717) is 11.5 Å². The lowest BCUT2D eigenvalue weighted by molar-refractivity contribution is 0.230. The van der Waals surface area contributed by atoms with E-state index in [0.717, 1.165) is 6.42 Å². The molecule has 2 heteroatoms. The largest absolute Gasteiger partial charge is 0.316 e. The van der Waals surface area contributed by atoms with Crippen LogP contribution >= 0.6 is 11.3 Å². The van der Waals surface area contributed by atoms with Gasteiger partial charge in [0.2, 0.25) is 0 Å². The molecule has 0 spiro atoms. The van der Waals surface area contributed by atoms with Gasteiger partial charge in [0.15, 0.2) is 0 Å². The minimum atomic E-state index is 0.484. The van der Waals surface area contributed by atoms with E-state index < -0.39 is 0 Å². The summed E-state index contributed by atoms with van der Waals surface area (Å²) in [6.45, 7) is 2.47. The van der Waals surface area contributed by atoms with Crippen LogP contribution in [0.15, 0.2) is 29.6 Å². The Balaban J connectivity index is 1.86. The van der Waals surface area contributed by atoms with Gasteiger partial charge >= 0.3 is 0 Å². The highest BCUT2D eigenvalue weighted by Gasteiger charge is 2.36. The molecule has 1 aliphatic carbocycles. The van der Waals surface area contributed by atoms with Crippen LogP contribution in [-0.4, -0.2) is 13.1 Å². The molecule has 1 saturated carbocycles. The maximum atomic E-state index is 3.59. The molecule has 0 bridgehead atoms. The number of likely N-dealkylation sites (N-methyl/N-ethyl adjacent to an activating group) is 1. The third kappa shape index (κ3) is 2.44. The summed E-state index contributed by atoms with van der Waals surface area (Å²) < 4.78 is 1.42. The van der Waals surface area contributed by atoms with Crippen molar-refractivity contribution in [3.63, 3.8) is 0 Å². The average Bonchev–Trinajstić information content (AvgIpc) is 3.03. The standard InChI is InChI=1S/C17H23NS/c1-17(9-5-6-10-17)16(18-2)11-13-12-19-15-8-4-3-7-14(13)15/h3-4,7-8,12,16,18H,5-6,9-11H2,1-2H3. The lowest BCUT2D eigenvalue weighted by Gasteiger charge is -2.34. The number of hydrogen-bond donors (Lipinski definition) is 1. The molecule has 0 amide bonds. The Bertz CT molecular complexity index is 551. The molecule has 0 radical (unpaired) electrons. The van der Waals surface area contributed by atoms with E-state index >= 15 is 0 Å². The highest BCUT2D eigenvalue weighted by atomic mass is 32.1. The van der Waals surface area contributed by atoms with Crippen LogP contribution in [-0.2, 0) is 6.42 Å². The number of nitrogens with one attached hydrogen (secondary N) is 1. The lowest BCUT2D eigenvalue weighted by Crippen LogP contribution is -2.41. The van der Waals surface area contributed by atoms with Crippen LogP contribution in [0, 0.1) is 5.41 Å². The van der Waals surface area contributed by atoms with E-state index in [4.69, 9.17) is 0 Å². The van der Waals surface area contributed by atoms with Crippen LogP contribution < -0.4 is 5.32 Å². The van der Waals surface area contributed by atoms with Gasteiger partial charge in [0, 0.05) is 10.7 Å². The SMILES string of the molecule is CNC(Cc1csc2ccccc12)C1(C)CCCC1. The average molecular weight is 273 g/mol. The van der Waals surface area contributed by atoms with Gasteiger partial charge in [-0.05, 0) is 54.1 Å². The van der Waals surface area contributed by atoms with Crippen molar-refractivity contribution in [2.75, 3.05) is 7.05 Å². The summed E-state index contributed by atoms with van der Waals surface area (Å²) in [5.74, 6) is 0. The Morgan fingerprint density at radius 1 is 1.26 bits per heavy atom. The summed E-state index contributed by atoms with van der Waals surface area (Å²) >= 11 is 1.88. The van der Waals surface area contributed by atoms with E-state index in [9.17, 15) is 0 Å². The Morgan fingerprint density at radius 2 is 2.00 bits per heavy atom. The molecule has 2 aromatic rings. The summed E-state index contributed by atoms with van der Waals surface area (Å²) in [6, 6.07) is 9.40. The fourth-order valence-electron chi connectivity index (χ4n) is 3.64. The van der Waals surface area contributed by atoms with Gasteiger partial charge in [-0.25, -0.2) is 0 Å². The van der Waals surface area contributed by atoms with Crippen LogP contribution in [0.3, 0.4) is 0 Å². The first-order valence-corrected chi connectivity index (χ1v) is 8.23. The molecule has 1 heterocycles. The second-order valence-corrected chi connectivity index (χ2v) is 7.07. The Morgan fingerprint density at radius 3 is 2.74 bits per heavy atom. The summed E-state index contributed by atoms with van der Waals surface area (Å²) in [7, 11) is 2.13. The Kier molecular flexibility index (Phi) is 3.64. The maximum Gasteiger partial charge on any atom is 0.0345 e. The molecule has 102 valence electrons. The normalized spacial score (nSPS) is 19.9. The molecule has 19 heavy (non-hydrogen) atoms. The molecule has 1 aromatic carbocycles. The minimum absolute atomic E-state index is 0.484. The smallest absolute Gasteiger partial charge is 0.0345 e. The Hall–Kier alpha value is -0.860. The molecule has 0 saturated heterocycles. The highest BCUT2D eigenvalue weighted by molar-refractivity contribution is 7.17. The van der Waals surface area contributed by atoms with Crippen molar-refractivity contribution < 1.29 is 0 Å². The summed E-state index contributed by atoms with van der Waals surface area (Å²) in [6.07, 6.45) is 6.72. The third-order valence-electron chi connectivity index (χ3n) is 4.92. The fraction of sp³-hybridized carbons (Fsp3) is 0.529. The van der Waals surface area contributed by atoms with Crippen molar-refractivity contribution in [3.05, 3.63) is 35.2 Å². The zero-order chi connectivity index (χ0) is 13.3. The van der Waals surface area contributed by atoms with Crippen LogP contribution in [0.25, 0.3) is 10.1 Å². The second-order valence-electron chi connectivity index (χ2n) is 6.16. The van der Waals surface area contributed by atoms with Crippen molar-refractivity contribution in [2.45, 2.75) is 45.1 Å². The highest BCUT2D eigenvalue weighted by Crippen LogP contribution is 2.42. The maximum absolute atomic E-state index is 3.59. The Labute approximate surface area is 120 Å². The molecular formula is C17H23NS. The quantitative estimate of drug-likeness (QED) is 0.857. The molecule has 1 unspecified atom stereocenters. The zero-order valence-electron chi connectivity index (χ0n) is 11.9. The van der Waals surface area contributed by atoms with Gasteiger partial charge in [0.05, 0.1) is 0 Å². The van der Waals surface area contributed by atoms with Crippen LogP contribution in [0.1, 0.15) is 38.2 Å². The number of thiophene rings is 1. The summed E-state index contributed by atoms with van der Waals surface area (Å²) in [5, 5.41) is 7.40. The van der Waals surface area contributed by atoms with Gasteiger partial charge in [-0.3, -0.25) is 0 Å². The second kappa shape index (κ2) is 5.26. The van der Waals surface area contributed by atoms with Gasteiger partial charge in [-0.2, -0.15) is 0 Å². The van der Waals surface area contributed by atoms with Crippen LogP contribution in [0.2, 0.25) is 0 Å². The van der Waals surface area contributed by atoms with Crippen molar-refractivity contribution >= 4 is 21.4 Å². The third-order valence-corrected chi connectivity index (χ3v) is 5.93. The molecule has 1 atom stereocenters. The predicted molar refractivity (Wildman–Crippen MR) is 85.0 cm³/mol. The van der Waals surface area contributed by atoms with Gasteiger partial charge in [0.25, 0.3) is 0 Å². The lowest BCUT2D eigenvalue weighted by atomic mass is 9.78. The minimum Gasteiger partial charge on any atom is -0.316 e. The van der Waals surface area contributed by atoms with Gasteiger partial charge < -0.3 is 5.32 Å². The summed E-state index contributed by atoms with van der Waals surface area (Å²) in [4.78, 5) is 0. The topological polar surface area (TPSA) is 12.0 Å². The van der Waals surface area contributed by atoms with Gasteiger partial charge in [-0.1, -0.05) is 38.0 Å². The molecule has 1 aromatic heterocycles. The zero-order valence-corrected chi connectivity index (χ0v) is 12.7. The van der Waals surface area contributed by atoms with Gasteiger partial charge in [0.1, 0.15) is 0 Å². The molecule has 1 aliphatic rings. The number of hydrogen-bond acceptors (Lipinski definition) is 2. The molecule has 0 aliphatic heterocycles. The molecule has 1 fully saturated rings. The van der Waals surface area contributed by atoms with Crippen molar-refractivity contribution in [1.82, 2.24) is 5.32 Å². The van der Waals surface area contributed by atoms with E-state index in [1.54, 1.807) is 0 Å². The van der Waals surface area contributed by atoms with Crippen LogP contribution in [0.4, 0.5) is 0 Å². The predicted octanol–water partition coefficient (Wildman–Crippen LogP) is 4.61. The fourth-order valence-corrected chi connectivity index (χ4v) is 4.61. The van der Waals surface area contributed by atoms with Crippen LogP contribution in [0.5, 0.6) is 0 Å². The van der Waals surface area contributed by atoms with E-state index in [1.807, 2.05) is 11.3 Å².